The van der Waals surface area contributed by atoms with Crippen molar-refractivity contribution in [2.45, 2.75) is 17.5 Å². The Labute approximate surface area is 233 Å². The van der Waals surface area contributed by atoms with Crippen LogP contribution in [0.15, 0.2) is 108 Å². The van der Waals surface area contributed by atoms with E-state index in [2.05, 4.69) is 26.2 Å². The number of para-hydroxylation sites is 2. The average Bonchev–Trinajstić information content (AvgIpc) is 3.45. The van der Waals surface area contributed by atoms with Gasteiger partial charge in [0, 0.05) is 39.4 Å². The Morgan fingerprint density at radius 3 is 2.44 bits per heavy atom. The lowest BCUT2D eigenvalue weighted by atomic mass is 9.63. The monoisotopic (exact) mass is 575 g/mol. The summed E-state index contributed by atoms with van der Waals surface area (Å²) in [5, 5.41) is 3.03. The molecule has 0 radical (unpaired) electrons. The second-order valence-corrected chi connectivity index (χ2v) is 11.0. The van der Waals surface area contributed by atoms with Gasteiger partial charge in [-0.25, -0.2) is 0 Å². The summed E-state index contributed by atoms with van der Waals surface area (Å²) < 4.78 is 0.845. The zero-order chi connectivity index (χ0) is 26.7. The van der Waals surface area contributed by atoms with Crippen LogP contribution in [0.5, 0.6) is 0 Å². The van der Waals surface area contributed by atoms with Crippen molar-refractivity contribution in [1.29, 1.82) is 0 Å². The first kappa shape index (κ1) is 23.7. The smallest absolute Gasteiger partial charge is 0.238 e. The molecule has 0 saturated carbocycles. The topological polar surface area (TPSA) is 79.4 Å². The number of fused-ring (bicyclic) bond motifs is 5. The molecule has 4 heterocycles. The first-order valence-corrected chi connectivity index (χ1v) is 13.5. The number of hydrogen-bond acceptors (Lipinski definition) is 5. The number of pyridine rings is 1. The van der Waals surface area contributed by atoms with E-state index in [-0.39, 0.29) is 17.5 Å². The van der Waals surface area contributed by atoms with Gasteiger partial charge in [-0.2, -0.15) is 0 Å². The number of Topliss-reactive ketones (excluding diaryl/α,β-unsaturated/α-hetero) is 2. The van der Waals surface area contributed by atoms with E-state index in [1.54, 1.807) is 30.5 Å². The second kappa shape index (κ2) is 8.85. The van der Waals surface area contributed by atoms with Gasteiger partial charge in [-0.3, -0.25) is 19.4 Å². The molecule has 6 nitrogen and oxygen atoms in total. The maximum atomic E-state index is 14.7. The third-order valence-corrected chi connectivity index (χ3v) is 8.68. The molecule has 3 aromatic carbocycles. The van der Waals surface area contributed by atoms with Crippen molar-refractivity contribution >= 4 is 50.9 Å². The molecular formula is C32H22BrN3O3. The van der Waals surface area contributed by atoms with E-state index in [1.165, 1.54) is 6.20 Å². The van der Waals surface area contributed by atoms with Crippen LogP contribution < -0.4 is 10.2 Å². The molecule has 0 bridgehead atoms. The lowest BCUT2D eigenvalue weighted by molar-refractivity contribution is -0.121. The minimum absolute atomic E-state index is 0.217. The van der Waals surface area contributed by atoms with Gasteiger partial charge in [-0.05, 0) is 47.5 Å². The fourth-order valence-corrected chi connectivity index (χ4v) is 6.86. The summed E-state index contributed by atoms with van der Waals surface area (Å²) in [6.45, 7) is 0. The van der Waals surface area contributed by atoms with Crippen LogP contribution in [0.4, 0.5) is 11.4 Å². The highest BCUT2D eigenvalue weighted by molar-refractivity contribution is 9.10. The summed E-state index contributed by atoms with van der Waals surface area (Å²) in [5.74, 6) is -1.66. The van der Waals surface area contributed by atoms with E-state index in [4.69, 9.17) is 0 Å². The largest absolute Gasteiger partial charge is 0.352 e. The molecule has 3 aliphatic heterocycles. The molecule has 3 aliphatic rings. The molecule has 4 aromatic rings. The third kappa shape index (κ3) is 3.32. The van der Waals surface area contributed by atoms with Crippen molar-refractivity contribution in [3.8, 4) is 0 Å². The number of anilines is 2. The molecule has 1 N–H and O–H groups in total. The molecule has 1 saturated heterocycles. The molecule has 0 aliphatic carbocycles. The maximum Gasteiger partial charge on any atom is 0.238 e. The quantitative estimate of drug-likeness (QED) is 0.316. The number of ketones is 2. The first-order chi connectivity index (χ1) is 19.0. The summed E-state index contributed by atoms with van der Waals surface area (Å²) >= 11 is 3.45. The lowest BCUT2D eigenvalue weighted by Crippen LogP contribution is -2.55. The molecule has 1 unspecified atom stereocenters. The van der Waals surface area contributed by atoms with Gasteiger partial charge in [0.25, 0.3) is 0 Å². The van der Waals surface area contributed by atoms with E-state index < -0.39 is 23.4 Å². The van der Waals surface area contributed by atoms with Crippen LogP contribution in [0.1, 0.15) is 31.8 Å². The van der Waals surface area contributed by atoms with Crippen molar-refractivity contribution in [3.05, 3.63) is 130 Å². The number of halogens is 1. The number of nitrogens with one attached hydrogen (secondary N) is 1. The van der Waals surface area contributed by atoms with Gasteiger partial charge in [0.2, 0.25) is 5.91 Å². The van der Waals surface area contributed by atoms with Crippen LogP contribution >= 0.6 is 15.9 Å². The van der Waals surface area contributed by atoms with Crippen LogP contribution in [0.25, 0.3) is 6.08 Å². The zero-order valence-electron chi connectivity index (χ0n) is 20.6. The van der Waals surface area contributed by atoms with E-state index in [9.17, 15) is 14.4 Å². The molecule has 1 fully saturated rings. The van der Waals surface area contributed by atoms with Gasteiger partial charge in [-0.1, -0.05) is 76.6 Å². The Balaban J connectivity index is 1.54. The number of aromatic nitrogens is 1. The minimum Gasteiger partial charge on any atom is -0.352 e. The summed E-state index contributed by atoms with van der Waals surface area (Å²) in [5.41, 5.74) is 2.44. The van der Waals surface area contributed by atoms with Gasteiger partial charge < -0.3 is 10.2 Å². The molecule has 4 atom stereocenters. The van der Waals surface area contributed by atoms with E-state index in [1.807, 2.05) is 77.7 Å². The Morgan fingerprint density at radius 1 is 0.872 bits per heavy atom. The number of nitrogens with zero attached hydrogens (tertiary/aromatic N) is 2. The van der Waals surface area contributed by atoms with Crippen LogP contribution in [-0.2, 0) is 10.2 Å². The summed E-state index contributed by atoms with van der Waals surface area (Å²) in [6, 6.07) is 24.3. The highest BCUT2D eigenvalue weighted by Gasteiger charge is 2.70. The lowest BCUT2D eigenvalue weighted by Gasteiger charge is -2.37. The molecular weight excluding hydrogens is 554 g/mol. The SMILES string of the molecule is O=C(c1cccnc1)[C@@H]1C2C=Cc3ccccc3N2[C@H](C(=O)c2ccc(Br)cc2)[C@]12C(=O)Nc1ccccc12. The second-order valence-electron chi connectivity index (χ2n) is 10.0. The third-order valence-electron chi connectivity index (χ3n) is 8.15. The summed E-state index contributed by atoms with van der Waals surface area (Å²) in [7, 11) is 0. The van der Waals surface area contributed by atoms with Crippen LogP contribution in [0, 0.1) is 5.92 Å². The van der Waals surface area contributed by atoms with Crippen LogP contribution in [0.3, 0.4) is 0 Å². The Bertz CT molecular complexity index is 1680. The number of hydrogen-bond donors (Lipinski definition) is 1. The highest BCUT2D eigenvalue weighted by Crippen LogP contribution is 2.58. The molecule has 1 spiro atoms. The summed E-state index contributed by atoms with van der Waals surface area (Å²) in [6.07, 6.45) is 7.09. The van der Waals surface area contributed by atoms with Gasteiger partial charge in [0.1, 0.15) is 11.5 Å². The molecule has 1 aromatic heterocycles. The molecule has 190 valence electrons. The van der Waals surface area contributed by atoms with Crippen molar-refractivity contribution in [2.24, 2.45) is 5.92 Å². The fraction of sp³-hybridized carbons (Fsp3) is 0.125. The van der Waals surface area contributed by atoms with Crippen molar-refractivity contribution in [1.82, 2.24) is 4.98 Å². The highest BCUT2D eigenvalue weighted by atomic mass is 79.9. The Kier molecular flexibility index (Phi) is 5.39. The minimum atomic E-state index is -1.47. The summed E-state index contributed by atoms with van der Waals surface area (Å²) in [4.78, 5) is 49.7. The molecule has 1 amide bonds. The van der Waals surface area contributed by atoms with E-state index >= 15 is 0 Å². The van der Waals surface area contributed by atoms with Gasteiger partial charge in [0.15, 0.2) is 11.6 Å². The number of amides is 1. The first-order valence-electron chi connectivity index (χ1n) is 12.7. The van der Waals surface area contributed by atoms with Crippen molar-refractivity contribution < 1.29 is 14.4 Å². The fourth-order valence-electron chi connectivity index (χ4n) is 6.60. The average molecular weight is 576 g/mol. The van der Waals surface area contributed by atoms with Gasteiger partial charge in [-0.15, -0.1) is 0 Å². The number of carbonyl (C=O) groups excluding carboxylic acids is 3. The Morgan fingerprint density at radius 2 is 1.64 bits per heavy atom. The van der Waals surface area contributed by atoms with Gasteiger partial charge >= 0.3 is 0 Å². The van der Waals surface area contributed by atoms with Crippen LogP contribution in [-0.4, -0.2) is 34.5 Å². The number of carbonyl (C=O) groups is 3. The molecule has 7 heteroatoms. The number of benzene rings is 3. The zero-order valence-corrected chi connectivity index (χ0v) is 22.2. The van der Waals surface area contributed by atoms with Crippen molar-refractivity contribution in [2.75, 3.05) is 10.2 Å². The maximum absolute atomic E-state index is 14.7. The van der Waals surface area contributed by atoms with Crippen molar-refractivity contribution in [3.63, 3.8) is 0 Å². The normalized spacial score (nSPS) is 24.2. The van der Waals surface area contributed by atoms with Gasteiger partial charge in [0.05, 0.1) is 12.0 Å². The number of rotatable bonds is 4. The van der Waals surface area contributed by atoms with E-state index in [0.717, 1.165) is 15.7 Å². The van der Waals surface area contributed by atoms with Crippen LogP contribution in [0.2, 0.25) is 0 Å². The standard InChI is InChI=1S/C32H22BrN3O3/c33-22-14-11-20(12-15-22)29(38)30-32(23-8-2-3-9-24(23)35-31(32)39)27(28(37)21-7-5-17-34-18-21)26-16-13-19-6-1-4-10-25(19)36(26)30/h1-18,26-27,30H,(H,35,39)/t26?,27-,30+,32+/m0/s1. The molecule has 39 heavy (non-hydrogen) atoms. The molecule has 7 rings (SSSR count). The predicted octanol–water partition coefficient (Wildman–Crippen LogP) is 5.70. The van der Waals surface area contributed by atoms with E-state index in [0.29, 0.717) is 22.4 Å². The predicted molar refractivity (Wildman–Crippen MR) is 153 cm³/mol. The Hall–Kier alpha value is -4.36.